The van der Waals surface area contributed by atoms with Gasteiger partial charge in [-0.25, -0.2) is 4.98 Å². The van der Waals surface area contributed by atoms with Crippen LogP contribution < -0.4 is 15.6 Å². The number of nitrogens with zero attached hydrogens (tertiary/aromatic N) is 2. The Bertz CT molecular complexity index is 1110. The number of hydrogen-bond acceptors (Lipinski definition) is 4. The van der Waals surface area contributed by atoms with Crippen LogP contribution in [-0.2, 0) is 11.4 Å². The van der Waals surface area contributed by atoms with Crippen molar-refractivity contribution in [3.05, 3.63) is 69.7 Å². The van der Waals surface area contributed by atoms with Crippen LogP contribution in [0.3, 0.4) is 0 Å². The molecule has 0 atom stereocenters. The van der Waals surface area contributed by atoms with Crippen LogP contribution in [0.2, 0.25) is 5.02 Å². The van der Waals surface area contributed by atoms with Gasteiger partial charge in [0.25, 0.3) is 5.56 Å². The van der Waals surface area contributed by atoms with Crippen LogP contribution in [0.15, 0.2) is 53.5 Å². The average Bonchev–Trinajstić information content (AvgIpc) is 3.25. The molecule has 30 heavy (non-hydrogen) atoms. The molecule has 6 nitrogen and oxygen atoms in total. The molecule has 1 aliphatic carbocycles. The molecule has 0 saturated heterocycles. The summed E-state index contributed by atoms with van der Waals surface area (Å²) in [5, 5.41) is 3.41. The summed E-state index contributed by atoms with van der Waals surface area (Å²) in [6.07, 6.45) is 8.11. The number of hydrogen-bond donors (Lipinski definition) is 1. The minimum Gasteiger partial charge on any atom is -0.487 e. The van der Waals surface area contributed by atoms with Gasteiger partial charge in [-0.2, -0.15) is 0 Å². The van der Waals surface area contributed by atoms with Crippen LogP contribution in [0, 0.1) is 5.92 Å². The Labute approximate surface area is 179 Å². The van der Waals surface area contributed by atoms with Gasteiger partial charge in [0.1, 0.15) is 18.0 Å². The summed E-state index contributed by atoms with van der Waals surface area (Å²) < 4.78 is 7.19. The molecular formula is C23H24ClN3O3. The highest BCUT2D eigenvalue weighted by Crippen LogP contribution is 2.28. The summed E-state index contributed by atoms with van der Waals surface area (Å²) in [5.41, 5.74) is 1.51. The number of pyridine rings is 1. The summed E-state index contributed by atoms with van der Waals surface area (Å²) in [5.74, 6) is 1.32. The van der Waals surface area contributed by atoms with Gasteiger partial charge in [0, 0.05) is 30.4 Å². The van der Waals surface area contributed by atoms with Crippen LogP contribution in [0.4, 0.5) is 5.69 Å². The highest BCUT2D eigenvalue weighted by Gasteiger charge is 2.16. The molecule has 2 heterocycles. The first-order chi connectivity index (χ1) is 14.6. The second kappa shape index (κ2) is 9.30. The van der Waals surface area contributed by atoms with Crippen molar-refractivity contribution in [3.8, 4) is 5.75 Å². The third-order valence-corrected chi connectivity index (χ3v) is 5.66. The molecule has 0 radical (unpaired) electrons. The largest absolute Gasteiger partial charge is 0.487 e. The number of carbonyl (C=O) groups is 1. The zero-order valence-electron chi connectivity index (χ0n) is 16.6. The fourth-order valence-corrected chi connectivity index (χ4v) is 4.04. The summed E-state index contributed by atoms with van der Waals surface area (Å²) in [6.45, 7) is 0.146. The van der Waals surface area contributed by atoms with Gasteiger partial charge in [-0.15, -0.1) is 0 Å². The highest BCUT2D eigenvalue weighted by molar-refractivity contribution is 6.30. The van der Waals surface area contributed by atoms with Crippen LogP contribution in [0.5, 0.6) is 5.75 Å². The summed E-state index contributed by atoms with van der Waals surface area (Å²) in [7, 11) is 0. The topological polar surface area (TPSA) is 72.7 Å². The van der Waals surface area contributed by atoms with Gasteiger partial charge in [0.15, 0.2) is 0 Å². The molecule has 0 aliphatic heterocycles. The molecule has 0 bridgehead atoms. The summed E-state index contributed by atoms with van der Waals surface area (Å²) in [6, 6.07) is 12.1. The molecule has 1 amide bonds. The zero-order chi connectivity index (χ0) is 20.9. The third-order valence-electron chi connectivity index (χ3n) is 5.44. The standard InChI is InChI=1S/C23H24ClN3O3/c24-17-9-10-21-25-19(13-23(29)27(21)14-17)15-30-20-7-3-6-18(12-20)26-22(28)11-8-16-4-1-2-5-16/h3,6-7,9-10,12-14,16H,1-2,4-5,8,11,15H2,(H,26,28). The molecule has 7 heteroatoms. The van der Waals surface area contributed by atoms with E-state index >= 15 is 0 Å². The van der Waals surface area contributed by atoms with Crippen molar-refractivity contribution < 1.29 is 9.53 Å². The average molecular weight is 426 g/mol. The number of rotatable bonds is 7. The molecule has 3 aromatic rings. The van der Waals surface area contributed by atoms with E-state index in [1.807, 2.05) is 18.2 Å². The molecule has 156 valence electrons. The van der Waals surface area contributed by atoms with Gasteiger partial charge in [0.05, 0.1) is 10.7 Å². The molecule has 1 N–H and O–H groups in total. The molecule has 0 spiro atoms. The smallest absolute Gasteiger partial charge is 0.258 e. The predicted octanol–water partition coefficient (Wildman–Crippen LogP) is 4.84. The van der Waals surface area contributed by atoms with Crippen LogP contribution in [-0.4, -0.2) is 15.3 Å². The summed E-state index contributed by atoms with van der Waals surface area (Å²) >= 11 is 5.93. The number of benzene rings is 1. The Morgan fingerprint density at radius 1 is 1.20 bits per heavy atom. The number of amides is 1. The normalized spacial score (nSPS) is 14.2. The Kier molecular flexibility index (Phi) is 6.33. The van der Waals surface area contributed by atoms with Crippen LogP contribution in [0.1, 0.15) is 44.2 Å². The van der Waals surface area contributed by atoms with Gasteiger partial charge in [0.2, 0.25) is 5.91 Å². The third kappa shape index (κ3) is 5.19. The van der Waals surface area contributed by atoms with E-state index in [1.54, 1.807) is 18.2 Å². The molecule has 1 aromatic carbocycles. The maximum absolute atomic E-state index is 12.3. The minimum atomic E-state index is -0.218. The molecule has 1 saturated carbocycles. The second-order valence-electron chi connectivity index (χ2n) is 7.72. The lowest BCUT2D eigenvalue weighted by molar-refractivity contribution is -0.116. The number of nitrogens with one attached hydrogen (secondary N) is 1. The zero-order valence-corrected chi connectivity index (χ0v) is 17.4. The minimum absolute atomic E-state index is 0.0296. The highest BCUT2D eigenvalue weighted by atomic mass is 35.5. The fraction of sp³-hybridized carbons (Fsp3) is 0.348. The van der Waals surface area contributed by atoms with Crippen molar-refractivity contribution >= 4 is 28.8 Å². The van der Waals surface area contributed by atoms with E-state index in [4.69, 9.17) is 16.3 Å². The van der Waals surface area contributed by atoms with Gasteiger partial charge in [-0.1, -0.05) is 43.4 Å². The Morgan fingerprint density at radius 3 is 2.87 bits per heavy atom. The lowest BCUT2D eigenvalue weighted by Crippen LogP contribution is -2.16. The van der Waals surface area contributed by atoms with E-state index in [0.29, 0.717) is 40.1 Å². The first-order valence-corrected chi connectivity index (χ1v) is 10.7. The molecule has 1 aliphatic rings. The number of aromatic nitrogens is 2. The molecule has 1 fully saturated rings. The lowest BCUT2D eigenvalue weighted by Gasteiger charge is -2.11. The fourth-order valence-electron chi connectivity index (χ4n) is 3.88. The van der Waals surface area contributed by atoms with E-state index in [0.717, 1.165) is 6.42 Å². The predicted molar refractivity (Wildman–Crippen MR) is 117 cm³/mol. The van der Waals surface area contributed by atoms with Gasteiger partial charge < -0.3 is 10.1 Å². The van der Waals surface area contributed by atoms with E-state index < -0.39 is 0 Å². The first kappa shape index (κ1) is 20.4. The van der Waals surface area contributed by atoms with Crippen molar-refractivity contribution in [1.29, 1.82) is 0 Å². The maximum atomic E-state index is 12.3. The Morgan fingerprint density at radius 2 is 2.03 bits per heavy atom. The van der Waals surface area contributed by atoms with Gasteiger partial charge >= 0.3 is 0 Å². The van der Waals surface area contributed by atoms with Crippen molar-refractivity contribution in [2.45, 2.75) is 45.1 Å². The number of anilines is 1. The van der Waals surface area contributed by atoms with E-state index in [-0.39, 0.29) is 18.1 Å². The number of fused-ring (bicyclic) bond motifs is 1. The summed E-state index contributed by atoms with van der Waals surface area (Å²) in [4.78, 5) is 28.9. The quantitative estimate of drug-likeness (QED) is 0.588. The lowest BCUT2D eigenvalue weighted by atomic mass is 10.0. The van der Waals surface area contributed by atoms with E-state index in [1.165, 1.54) is 42.3 Å². The van der Waals surface area contributed by atoms with Crippen LogP contribution >= 0.6 is 11.6 Å². The molecule has 4 rings (SSSR count). The SMILES string of the molecule is O=C(CCC1CCCC1)Nc1cccc(OCc2cc(=O)n3cc(Cl)ccc3n2)c1. The van der Waals surface area contributed by atoms with Gasteiger partial charge in [-0.05, 0) is 36.6 Å². The first-order valence-electron chi connectivity index (χ1n) is 10.3. The molecule has 0 unspecified atom stereocenters. The van der Waals surface area contributed by atoms with Crippen molar-refractivity contribution in [1.82, 2.24) is 9.38 Å². The van der Waals surface area contributed by atoms with E-state index in [2.05, 4.69) is 10.3 Å². The molecule has 2 aromatic heterocycles. The van der Waals surface area contributed by atoms with Crippen molar-refractivity contribution in [2.75, 3.05) is 5.32 Å². The Balaban J connectivity index is 1.36. The molecular weight excluding hydrogens is 402 g/mol. The monoisotopic (exact) mass is 425 g/mol. The van der Waals surface area contributed by atoms with Crippen LogP contribution in [0.25, 0.3) is 5.65 Å². The second-order valence-corrected chi connectivity index (χ2v) is 8.15. The Hall–Kier alpha value is -2.86. The maximum Gasteiger partial charge on any atom is 0.258 e. The van der Waals surface area contributed by atoms with Gasteiger partial charge in [-0.3, -0.25) is 14.0 Å². The van der Waals surface area contributed by atoms with E-state index in [9.17, 15) is 9.59 Å². The number of ether oxygens (including phenoxy) is 1. The van der Waals surface area contributed by atoms with Crippen molar-refractivity contribution in [3.63, 3.8) is 0 Å². The number of halogens is 1. The number of carbonyl (C=O) groups excluding carboxylic acids is 1. The van der Waals surface area contributed by atoms with Crippen molar-refractivity contribution in [2.24, 2.45) is 5.92 Å².